The summed E-state index contributed by atoms with van der Waals surface area (Å²) in [6, 6.07) is 60.1. The van der Waals surface area contributed by atoms with Gasteiger partial charge in [0.15, 0.2) is 17.5 Å². The van der Waals surface area contributed by atoms with Crippen molar-refractivity contribution in [2.45, 2.75) is 0 Å². The molecule has 7 aromatic carbocycles. The number of fused-ring (bicyclic) bond motifs is 1. The third-order valence-corrected chi connectivity index (χ3v) is 8.59. The molecule has 0 radical (unpaired) electrons. The number of hydrogen-bond acceptors (Lipinski definition) is 4. The average molecular weight is 613 g/mol. The normalized spacial score (nSPS) is 10.9. The summed E-state index contributed by atoms with van der Waals surface area (Å²) in [6.07, 6.45) is 0. The largest absolute Gasteiger partial charge is 0.208 e. The Labute approximate surface area is 279 Å². The summed E-state index contributed by atoms with van der Waals surface area (Å²) >= 11 is 0. The monoisotopic (exact) mass is 612 g/mol. The Bertz CT molecular complexity index is 2370. The molecular formula is C44H28N4. The molecule has 1 aromatic heterocycles. The Kier molecular flexibility index (Phi) is 7.54. The number of nitriles is 1. The summed E-state index contributed by atoms with van der Waals surface area (Å²) in [5.74, 6) is 1.94. The Morgan fingerprint density at radius 1 is 0.333 bits per heavy atom. The van der Waals surface area contributed by atoms with Crippen LogP contribution in [0.15, 0.2) is 170 Å². The van der Waals surface area contributed by atoms with E-state index in [4.69, 9.17) is 15.0 Å². The molecule has 0 amide bonds. The van der Waals surface area contributed by atoms with Crippen LogP contribution in [0.5, 0.6) is 0 Å². The predicted octanol–water partition coefficient (Wildman–Crippen LogP) is 10.9. The average Bonchev–Trinajstić information content (AvgIpc) is 3.18. The van der Waals surface area contributed by atoms with Gasteiger partial charge in [0.25, 0.3) is 0 Å². The summed E-state index contributed by atoms with van der Waals surface area (Å²) in [7, 11) is 0. The zero-order valence-corrected chi connectivity index (χ0v) is 26.0. The van der Waals surface area contributed by atoms with Crippen LogP contribution in [0.1, 0.15) is 5.56 Å². The van der Waals surface area contributed by atoms with E-state index in [0.717, 1.165) is 50.1 Å². The van der Waals surface area contributed by atoms with E-state index in [1.807, 2.05) is 84.9 Å². The third-order valence-electron chi connectivity index (χ3n) is 8.59. The number of hydrogen-bond donors (Lipinski definition) is 0. The molecule has 0 bridgehead atoms. The van der Waals surface area contributed by atoms with Gasteiger partial charge in [0, 0.05) is 16.7 Å². The minimum Gasteiger partial charge on any atom is -0.208 e. The van der Waals surface area contributed by atoms with E-state index >= 15 is 0 Å². The molecule has 0 saturated carbocycles. The van der Waals surface area contributed by atoms with Crippen LogP contribution in [0, 0.1) is 11.3 Å². The van der Waals surface area contributed by atoms with Crippen molar-refractivity contribution in [2.24, 2.45) is 0 Å². The van der Waals surface area contributed by atoms with Crippen LogP contribution in [0.2, 0.25) is 0 Å². The summed E-state index contributed by atoms with van der Waals surface area (Å²) in [5, 5.41) is 11.9. The molecule has 0 aliphatic heterocycles. The van der Waals surface area contributed by atoms with Crippen LogP contribution in [0.3, 0.4) is 0 Å². The van der Waals surface area contributed by atoms with Crippen molar-refractivity contribution in [3.05, 3.63) is 175 Å². The van der Waals surface area contributed by atoms with Crippen molar-refractivity contribution in [1.82, 2.24) is 15.0 Å². The Hall–Kier alpha value is -6.70. The van der Waals surface area contributed by atoms with Crippen LogP contribution in [-0.2, 0) is 0 Å². The van der Waals surface area contributed by atoms with Gasteiger partial charge in [-0.25, -0.2) is 15.0 Å². The number of benzene rings is 7. The molecule has 0 spiro atoms. The van der Waals surface area contributed by atoms with Crippen molar-refractivity contribution in [3.8, 4) is 73.6 Å². The van der Waals surface area contributed by atoms with E-state index < -0.39 is 0 Å². The zero-order valence-electron chi connectivity index (χ0n) is 26.0. The highest BCUT2D eigenvalue weighted by Gasteiger charge is 2.13. The second-order valence-electron chi connectivity index (χ2n) is 11.6. The van der Waals surface area contributed by atoms with Crippen LogP contribution in [0.4, 0.5) is 0 Å². The molecule has 4 nitrogen and oxygen atoms in total. The minimum atomic E-state index is 0.641. The quantitative estimate of drug-likeness (QED) is 0.187. The first-order valence-electron chi connectivity index (χ1n) is 15.8. The van der Waals surface area contributed by atoms with Gasteiger partial charge in [0.1, 0.15) is 0 Å². The Balaban J connectivity index is 1.07. The van der Waals surface area contributed by atoms with Gasteiger partial charge in [-0.15, -0.1) is 0 Å². The molecule has 4 heteroatoms. The molecule has 48 heavy (non-hydrogen) atoms. The van der Waals surface area contributed by atoms with Gasteiger partial charge in [0.2, 0.25) is 0 Å². The summed E-state index contributed by atoms with van der Waals surface area (Å²) in [6.45, 7) is 0. The first-order valence-corrected chi connectivity index (χ1v) is 15.8. The second-order valence-corrected chi connectivity index (χ2v) is 11.6. The molecular weight excluding hydrogens is 585 g/mol. The van der Waals surface area contributed by atoms with Gasteiger partial charge in [0.05, 0.1) is 11.6 Å². The van der Waals surface area contributed by atoms with E-state index in [1.54, 1.807) is 0 Å². The van der Waals surface area contributed by atoms with Gasteiger partial charge >= 0.3 is 0 Å². The molecule has 0 fully saturated rings. The lowest BCUT2D eigenvalue weighted by Crippen LogP contribution is -2.00. The summed E-state index contributed by atoms with van der Waals surface area (Å²) < 4.78 is 0. The highest BCUT2D eigenvalue weighted by Crippen LogP contribution is 2.32. The standard InChI is InChI=1S/C44H28N4/c45-29-40-13-7-8-14-41(40)32-19-15-30(16-20-32)36-23-25-39-28-37(24-26-38(39)27-36)31-17-21-35(22-18-31)44-47-42(33-9-3-1-4-10-33)46-43(48-44)34-11-5-2-6-12-34/h1-28H. The van der Waals surface area contributed by atoms with Crippen molar-refractivity contribution in [1.29, 1.82) is 5.26 Å². The van der Waals surface area contributed by atoms with Crippen LogP contribution < -0.4 is 0 Å². The third kappa shape index (κ3) is 5.73. The molecule has 0 aliphatic rings. The van der Waals surface area contributed by atoms with E-state index in [9.17, 15) is 5.26 Å². The first kappa shape index (κ1) is 28.8. The maximum atomic E-state index is 9.50. The molecule has 1 heterocycles. The van der Waals surface area contributed by atoms with E-state index in [0.29, 0.717) is 23.0 Å². The topological polar surface area (TPSA) is 62.5 Å². The van der Waals surface area contributed by atoms with Gasteiger partial charge in [-0.05, 0) is 62.4 Å². The van der Waals surface area contributed by atoms with E-state index in [2.05, 4.69) is 91.0 Å². The highest BCUT2D eigenvalue weighted by molar-refractivity contribution is 5.91. The molecule has 0 atom stereocenters. The maximum absolute atomic E-state index is 9.50. The van der Waals surface area contributed by atoms with Crippen molar-refractivity contribution in [2.75, 3.05) is 0 Å². The molecule has 224 valence electrons. The molecule has 0 unspecified atom stereocenters. The fourth-order valence-electron chi connectivity index (χ4n) is 6.03. The van der Waals surface area contributed by atoms with Gasteiger partial charge < -0.3 is 0 Å². The Morgan fingerprint density at radius 2 is 0.708 bits per heavy atom. The van der Waals surface area contributed by atoms with Crippen LogP contribution in [-0.4, -0.2) is 15.0 Å². The van der Waals surface area contributed by atoms with Gasteiger partial charge in [-0.1, -0.05) is 152 Å². The summed E-state index contributed by atoms with van der Waals surface area (Å²) in [4.78, 5) is 14.5. The molecule has 0 aliphatic carbocycles. The lowest BCUT2D eigenvalue weighted by Gasteiger charge is -2.10. The molecule has 0 saturated heterocycles. The molecule has 0 N–H and O–H groups in total. The van der Waals surface area contributed by atoms with Gasteiger partial charge in [-0.3, -0.25) is 0 Å². The number of rotatable bonds is 6. The zero-order chi connectivity index (χ0) is 32.3. The lowest BCUT2D eigenvalue weighted by atomic mass is 9.95. The van der Waals surface area contributed by atoms with Crippen LogP contribution in [0.25, 0.3) is 78.3 Å². The van der Waals surface area contributed by atoms with Crippen molar-refractivity contribution >= 4 is 10.8 Å². The fraction of sp³-hybridized carbons (Fsp3) is 0. The summed E-state index contributed by atoms with van der Waals surface area (Å²) in [5.41, 5.74) is 10.1. The van der Waals surface area contributed by atoms with Crippen molar-refractivity contribution in [3.63, 3.8) is 0 Å². The maximum Gasteiger partial charge on any atom is 0.164 e. The number of nitrogens with zero attached hydrogens (tertiary/aromatic N) is 4. The van der Waals surface area contributed by atoms with Gasteiger partial charge in [-0.2, -0.15) is 5.26 Å². The minimum absolute atomic E-state index is 0.641. The second kappa shape index (κ2) is 12.6. The Morgan fingerprint density at radius 3 is 1.19 bits per heavy atom. The lowest BCUT2D eigenvalue weighted by molar-refractivity contribution is 1.07. The van der Waals surface area contributed by atoms with E-state index in [1.165, 1.54) is 10.8 Å². The smallest absolute Gasteiger partial charge is 0.164 e. The molecule has 8 aromatic rings. The first-order chi connectivity index (χ1) is 23.7. The molecule has 8 rings (SSSR count). The SMILES string of the molecule is N#Cc1ccccc1-c1ccc(-c2ccc3cc(-c4ccc(-c5nc(-c6ccccc6)nc(-c6ccccc6)n5)cc4)ccc3c2)cc1. The predicted molar refractivity (Wildman–Crippen MR) is 195 cm³/mol. The number of aromatic nitrogens is 3. The van der Waals surface area contributed by atoms with Crippen molar-refractivity contribution < 1.29 is 0 Å². The van der Waals surface area contributed by atoms with E-state index in [-0.39, 0.29) is 0 Å². The fourth-order valence-corrected chi connectivity index (χ4v) is 6.03. The van der Waals surface area contributed by atoms with Crippen LogP contribution >= 0.6 is 0 Å². The highest BCUT2D eigenvalue weighted by atomic mass is 15.0.